The van der Waals surface area contributed by atoms with E-state index in [1.165, 1.54) is 24.9 Å². The van der Waals surface area contributed by atoms with E-state index in [1.807, 2.05) is 12.4 Å². The Morgan fingerprint density at radius 2 is 2.00 bits per heavy atom. The molecule has 0 aromatic carbocycles. The fourth-order valence-corrected chi connectivity index (χ4v) is 2.28. The highest BCUT2D eigenvalue weighted by atomic mass is 14.9. The van der Waals surface area contributed by atoms with E-state index in [0.717, 1.165) is 24.7 Å². The summed E-state index contributed by atoms with van der Waals surface area (Å²) in [6, 6.07) is 0. The van der Waals surface area contributed by atoms with Gasteiger partial charge in [-0.2, -0.15) is 0 Å². The molecule has 1 aliphatic rings. The molecule has 1 saturated heterocycles. The Morgan fingerprint density at radius 1 is 1.29 bits per heavy atom. The second kappa shape index (κ2) is 5.13. The summed E-state index contributed by atoms with van der Waals surface area (Å²) in [6.07, 6.45) is 7.74. The average molecular weight is 233 g/mol. The van der Waals surface area contributed by atoms with Gasteiger partial charge < -0.3 is 5.32 Å². The van der Waals surface area contributed by atoms with Gasteiger partial charge in [0, 0.05) is 17.8 Å². The molecule has 1 aromatic heterocycles. The molecule has 0 spiro atoms. The van der Waals surface area contributed by atoms with E-state index >= 15 is 0 Å². The molecule has 1 unspecified atom stereocenters. The van der Waals surface area contributed by atoms with Crippen molar-refractivity contribution >= 4 is 0 Å². The number of aromatic nitrogens is 2. The van der Waals surface area contributed by atoms with Crippen LogP contribution in [-0.4, -0.2) is 23.1 Å². The largest absolute Gasteiger partial charge is 0.316 e. The maximum absolute atomic E-state index is 4.48. The van der Waals surface area contributed by atoms with E-state index in [4.69, 9.17) is 0 Å². The second-order valence-electron chi connectivity index (χ2n) is 6.08. The molecule has 17 heavy (non-hydrogen) atoms. The molecule has 94 valence electrons. The number of nitrogens with zero attached hydrogens (tertiary/aromatic N) is 2. The maximum Gasteiger partial charge on any atom is 0.133 e. The standard InChI is InChI=1S/C14H23N3/c1-14(2,3)13-16-9-12(10-17-13)7-11-5-4-6-15-8-11/h9-11,15H,4-8H2,1-3H3. The molecule has 1 atom stereocenters. The van der Waals surface area contributed by atoms with Crippen LogP contribution in [0.15, 0.2) is 12.4 Å². The Bertz CT molecular complexity index is 345. The van der Waals surface area contributed by atoms with Crippen LogP contribution in [0.5, 0.6) is 0 Å². The van der Waals surface area contributed by atoms with Crippen LogP contribution in [0.3, 0.4) is 0 Å². The highest BCUT2D eigenvalue weighted by molar-refractivity contribution is 5.10. The first-order valence-electron chi connectivity index (χ1n) is 6.58. The van der Waals surface area contributed by atoms with E-state index < -0.39 is 0 Å². The topological polar surface area (TPSA) is 37.8 Å². The van der Waals surface area contributed by atoms with E-state index in [2.05, 4.69) is 36.1 Å². The molecule has 2 rings (SSSR count). The fourth-order valence-electron chi connectivity index (χ4n) is 2.28. The molecule has 0 aliphatic carbocycles. The smallest absolute Gasteiger partial charge is 0.133 e. The minimum absolute atomic E-state index is 0.0466. The second-order valence-corrected chi connectivity index (χ2v) is 6.08. The third kappa shape index (κ3) is 3.50. The fraction of sp³-hybridized carbons (Fsp3) is 0.714. The Kier molecular flexibility index (Phi) is 3.77. The summed E-state index contributed by atoms with van der Waals surface area (Å²) in [4.78, 5) is 8.97. The van der Waals surface area contributed by atoms with Crippen molar-refractivity contribution in [3.63, 3.8) is 0 Å². The summed E-state index contributed by atoms with van der Waals surface area (Å²) in [6.45, 7) is 8.75. The Morgan fingerprint density at radius 3 is 2.53 bits per heavy atom. The lowest BCUT2D eigenvalue weighted by molar-refractivity contribution is 0.375. The molecule has 3 nitrogen and oxygen atoms in total. The molecule has 0 saturated carbocycles. The van der Waals surface area contributed by atoms with Gasteiger partial charge in [-0.25, -0.2) is 9.97 Å². The van der Waals surface area contributed by atoms with Gasteiger partial charge in [0.15, 0.2) is 0 Å². The van der Waals surface area contributed by atoms with Crippen molar-refractivity contribution in [1.29, 1.82) is 0 Å². The summed E-state index contributed by atoms with van der Waals surface area (Å²) in [5, 5.41) is 3.45. The zero-order valence-electron chi connectivity index (χ0n) is 11.2. The first-order valence-corrected chi connectivity index (χ1v) is 6.58. The molecule has 1 N–H and O–H groups in total. The van der Waals surface area contributed by atoms with Crippen molar-refractivity contribution in [1.82, 2.24) is 15.3 Å². The molecule has 1 aromatic rings. The van der Waals surface area contributed by atoms with Gasteiger partial charge >= 0.3 is 0 Å². The molecule has 1 fully saturated rings. The first-order chi connectivity index (χ1) is 8.05. The van der Waals surface area contributed by atoms with Crippen LogP contribution in [0.2, 0.25) is 0 Å². The highest BCUT2D eigenvalue weighted by Crippen LogP contribution is 2.19. The Balaban J connectivity index is 1.98. The Hall–Kier alpha value is -0.960. The summed E-state index contributed by atoms with van der Waals surface area (Å²) >= 11 is 0. The molecule has 3 heteroatoms. The number of piperidine rings is 1. The van der Waals surface area contributed by atoms with Gasteiger partial charge in [0.1, 0.15) is 5.82 Å². The van der Waals surface area contributed by atoms with Crippen LogP contribution < -0.4 is 5.32 Å². The number of hydrogen-bond donors (Lipinski definition) is 1. The number of nitrogens with one attached hydrogen (secondary N) is 1. The molecule has 2 heterocycles. The van der Waals surface area contributed by atoms with Crippen molar-refractivity contribution in [2.45, 2.75) is 45.4 Å². The zero-order chi connectivity index (χ0) is 12.3. The van der Waals surface area contributed by atoms with Crippen LogP contribution in [0, 0.1) is 5.92 Å². The van der Waals surface area contributed by atoms with Gasteiger partial charge in [-0.1, -0.05) is 20.8 Å². The van der Waals surface area contributed by atoms with Gasteiger partial charge in [-0.05, 0) is 43.8 Å². The third-order valence-corrected chi connectivity index (χ3v) is 3.30. The average Bonchev–Trinajstić information content (AvgIpc) is 2.30. The molecule has 0 bridgehead atoms. The maximum atomic E-state index is 4.48. The van der Waals surface area contributed by atoms with Crippen molar-refractivity contribution in [2.24, 2.45) is 5.92 Å². The van der Waals surface area contributed by atoms with E-state index in [1.54, 1.807) is 0 Å². The van der Waals surface area contributed by atoms with Crippen LogP contribution >= 0.6 is 0 Å². The quantitative estimate of drug-likeness (QED) is 0.852. The lowest BCUT2D eigenvalue weighted by Gasteiger charge is -2.22. The van der Waals surface area contributed by atoms with Crippen LogP contribution in [0.1, 0.15) is 45.0 Å². The SMILES string of the molecule is CC(C)(C)c1ncc(CC2CCCNC2)cn1. The van der Waals surface area contributed by atoms with E-state index in [0.29, 0.717) is 0 Å². The number of rotatable bonds is 2. The summed E-state index contributed by atoms with van der Waals surface area (Å²) < 4.78 is 0. The Labute approximate surface area is 104 Å². The lowest BCUT2D eigenvalue weighted by atomic mass is 9.93. The van der Waals surface area contributed by atoms with Crippen molar-refractivity contribution in [3.05, 3.63) is 23.8 Å². The van der Waals surface area contributed by atoms with Crippen LogP contribution in [0.4, 0.5) is 0 Å². The molecular weight excluding hydrogens is 210 g/mol. The molecule has 0 amide bonds. The van der Waals surface area contributed by atoms with Gasteiger partial charge in [0.25, 0.3) is 0 Å². The van der Waals surface area contributed by atoms with Crippen molar-refractivity contribution in [2.75, 3.05) is 13.1 Å². The predicted molar refractivity (Wildman–Crippen MR) is 70.0 cm³/mol. The summed E-state index contributed by atoms with van der Waals surface area (Å²) in [5.74, 6) is 1.69. The molecular formula is C14H23N3. The van der Waals surface area contributed by atoms with Crippen molar-refractivity contribution < 1.29 is 0 Å². The van der Waals surface area contributed by atoms with Gasteiger partial charge in [-0.15, -0.1) is 0 Å². The minimum atomic E-state index is 0.0466. The van der Waals surface area contributed by atoms with Gasteiger partial charge in [0.2, 0.25) is 0 Å². The predicted octanol–water partition coefficient (Wildman–Crippen LogP) is 2.32. The van der Waals surface area contributed by atoms with E-state index in [-0.39, 0.29) is 5.41 Å². The lowest BCUT2D eigenvalue weighted by Crippen LogP contribution is -2.31. The van der Waals surface area contributed by atoms with Gasteiger partial charge in [0.05, 0.1) is 0 Å². The van der Waals surface area contributed by atoms with Crippen LogP contribution in [-0.2, 0) is 11.8 Å². The molecule has 1 aliphatic heterocycles. The highest BCUT2D eigenvalue weighted by Gasteiger charge is 2.18. The molecule has 0 radical (unpaired) electrons. The zero-order valence-corrected chi connectivity index (χ0v) is 11.2. The third-order valence-electron chi connectivity index (χ3n) is 3.30. The first kappa shape index (κ1) is 12.5. The number of hydrogen-bond acceptors (Lipinski definition) is 3. The van der Waals surface area contributed by atoms with E-state index in [9.17, 15) is 0 Å². The minimum Gasteiger partial charge on any atom is -0.316 e. The summed E-state index contributed by atoms with van der Waals surface area (Å²) in [7, 11) is 0. The van der Waals surface area contributed by atoms with Gasteiger partial charge in [-0.3, -0.25) is 0 Å². The van der Waals surface area contributed by atoms with Crippen molar-refractivity contribution in [3.8, 4) is 0 Å². The monoisotopic (exact) mass is 233 g/mol. The normalized spacial score (nSPS) is 21.5. The summed E-state index contributed by atoms with van der Waals surface area (Å²) in [5.41, 5.74) is 1.32. The van der Waals surface area contributed by atoms with Crippen LogP contribution in [0.25, 0.3) is 0 Å².